The summed E-state index contributed by atoms with van der Waals surface area (Å²) in [7, 11) is 2.08. The molecule has 0 spiro atoms. The van der Waals surface area contributed by atoms with Crippen LogP contribution in [0, 0.1) is 0 Å². The van der Waals surface area contributed by atoms with Crippen molar-refractivity contribution in [3.8, 4) is 0 Å². The van der Waals surface area contributed by atoms with Crippen molar-refractivity contribution in [1.29, 1.82) is 0 Å². The zero-order valence-electron chi connectivity index (χ0n) is 22.1. The summed E-state index contributed by atoms with van der Waals surface area (Å²) in [5.74, 6) is 1.78. The Hall–Kier alpha value is -4.05. The van der Waals surface area contributed by atoms with Gasteiger partial charge < -0.3 is 20.1 Å². The lowest BCUT2D eigenvalue weighted by atomic mass is 10.0. The molecule has 1 saturated heterocycles. The first-order valence-corrected chi connectivity index (χ1v) is 13.3. The average molecular weight is 512 g/mol. The number of carbonyl (C=O) groups is 1. The fourth-order valence-electron chi connectivity index (χ4n) is 5.28. The molecule has 1 amide bonds. The number of piperazine rings is 1. The van der Waals surface area contributed by atoms with Gasteiger partial charge in [0, 0.05) is 56.6 Å². The number of anilines is 2. The number of aryl methyl sites for hydroxylation is 1. The number of rotatable bonds is 6. The van der Waals surface area contributed by atoms with Gasteiger partial charge in [-0.25, -0.2) is 4.99 Å². The van der Waals surface area contributed by atoms with Gasteiger partial charge in [-0.1, -0.05) is 24.3 Å². The maximum absolute atomic E-state index is 13.4. The average Bonchev–Trinajstić information content (AvgIpc) is 3.66. The highest BCUT2D eigenvalue weighted by atomic mass is 16.2. The van der Waals surface area contributed by atoms with Crippen molar-refractivity contribution < 1.29 is 4.79 Å². The van der Waals surface area contributed by atoms with Gasteiger partial charge in [-0.2, -0.15) is 15.1 Å². The van der Waals surface area contributed by atoms with Crippen LogP contribution in [0.15, 0.2) is 47.6 Å². The number of aromatic nitrogens is 5. The van der Waals surface area contributed by atoms with Gasteiger partial charge in [0.2, 0.25) is 5.95 Å². The Balaban J connectivity index is 1.27. The van der Waals surface area contributed by atoms with Crippen LogP contribution in [0.4, 0.5) is 17.6 Å². The van der Waals surface area contributed by atoms with Crippen molar-refractivity contribution in [3.05, 3.63) is 59.4 Å². The van der Waals surface area contributed by atoms with Crippen molar-refractivity contribution in [2.45, 2.75) is 38.6 Å². The van der Waals surface area contributed by atoms with Crippen LogP contribution in [-0.4, -0.2) is 79.9 Å². The fourth-order valence-corrected chi connectivity index (χ4v) is 5.28. The molecule has 6 rings (SSSR count). The topological polar surface area (TPSA) is 107 Å². The zero-order valence-corrected chi connectivity index (χ0v) is 22.1. The molecule has 1 aliphatic carbocycles. The normalized spacial score (nSPS) is 18.1. The predicted octanol–water partition coefficient (Wildman–Crippen LogP) is 4.30. The zero-order chi connectivity index (χ0) is 26.2. The van der Waals surface area contributed by atoms with Crippen LogP contribution < -0.4 is 5.32 Å². The van der Waals surface area contributed by atoms with E-state index in [4.69, 9.17) is 9.98 Å². The second-order valence-electron chi connectivity index (χ2n) is 10.4. The van der Waals surface area contributed by atoms with E-state index in [1.54, 1.807) is 10.7 Å². The largest absolute Gasteiger partial charge is 0.346 e. The lowest BCUT2D eigenvalue weighted by molar-refractivity contribution is 0.0649. The molecule has 3 aromatic heterocycles. The third-order valence-corrected chi connectivity index (χ3v) is 7.43. The third-order valence-electron chi connectivity index (χ3n) is 7.43. The summed E-state index contributed by atoms with van der Waals surface area (Å²) in [6, 6.07) is 12.3. The Morgan fingerprint density at radius 1 is 1.16 bits per heavy atom. The van der Waals surface area contributed by atoms with E-state index in [1.165, 1.54) is 11.1 Å². The summed E-state index contributed by atoms with van der Waals surface area (Å²) in [6.07, 6.45) is 5.96. The van der Waals surface area contributed by atoms with Gasteiger partial charge in [0.1, 0.15) is 11.3 Å². The molecule has 2 N–H and O–H groups in total. The Morgan fingerprint density at radius 3 is 2.79 bits per heavy atom. The standard InChI is InChI=1S/C28H33N9O/c1-18(2)37-23(27(38)36-14-12-35(3)13-15-36)16-24(34-37)31-28-32-25-22(10-11-29-25)26(33-28)30-17-20-9-8-19-6-4-5-7-21(19)20/h4-7,10-11,16-18,20H,8-9,12-15H2,1-3H3,(H2,29,31,32,33,34)/b30-17-. The van der Waals surface area contributed by atoms with E-state index in [0.29, 0.717) is 42.0 Å². The number of aromatic amines is 1. The molecule has 1 aliphatic heterocycles. The minimum Gasteiger partial charge on any atom is -0.346 e. The molecule has 0 radical (unpaired) electrons. The predicted molar refractivity (Wildman–Crippen MR) is 149 cm³/mol. The first-order valence-electron chi connectivity index (χ1n) is 13.3. The molecule has 1 unspecified atom stereocenters. The van der Waals surface area contributed by atoms with Crippen LogP contribution in [-0.2, 0) is 6.42 Å². The monoisotopic (exact) mass is 511 g/mol. The fraction of sp³-hybridized carbons (Fsp3) is 0.393. The quantitative estimate of drug-likeness (QED) is 0.374. The van der Waals surface area contributed by atoms with Crippen LogP contribution in [0.2, 0.25) is 0 Å². The maximum atomic E-state index is 13.4. The van der Waals surface area contributed by atoms with Crippen LogP contribution in [0.1, 0.15) is 53.8 Å². The van der Waals surface area contributed by atoms with E-state index in [1.807, 2.05) is 37.2 Å². The molecule has 1 fully saturated rings. The van der Waals surface area contributed by atoms with Gasteiger partial charge in [0.15, 0.2) is 11.6 Å². The molecule has 38 heavy (non-hydrogen) atoms. The van der Waals surface area contributed by atoms with E-state index in [2.05, 4.69) is 56.6 Å². The van der Waals surface area contributed by atoms with Gasteiger partial charge in [-0.15, -0.1) is 0 Å². The number of hydrogen-bond acceptors (Lipinski definition) is 7. The highest BCUT2D eigenvalue weighted by Gasteiger charge is 2.26. The number of benzene rings is 1. The number of hydrogen-bond donors (Lipinski definition) is 2. The molecule has 10 nitrogen and oxygen atoms in total. The molecular formula is C28H33N9O. The van der Waals surface area contributed by atoms with E-state index in [0.717, 1.165) is 31.3 Å². The SMILES string of the molecule is CC(C)n1nc(Nc2nc(/N=C\C3CCc4ccccc43)c3cc[nH]c3n2)cc1C(=O)N1CCN(C)CC1. The number of H-pyrrole nitrogens is 1. The number of nitrogens with one attached hydrogen (secondary N) is 2. The van der Waals surface area contributed by atoms with Crippen LogP contribution >= 0.6 is 0 Å². The minimum absolute atomic E-state index is 0.00442. The molecule has 4 heterocycles. The third kappa shape index (κ3) is 4.67. The van der Waals surface area contributed by atoms with Gasteiger partial charge in [-0.3, -0.25) is 9.48 Å². The molecular weight excluding hydrogens is 478 g/mol. The lowest BCUT2D eigenvalue weighted by Crippen LogP contribution is -2.47. The second kappa shape index (κ2) is 10.0. The van der Waals surface area contributed by atoms with Crippen LogP contribution in [0.25, 0.3) is 11.0 Å². The van der Waals surface area contributed by atoms with Crippen molar-refractivity contribution in [3.63, 3.8) is 0 Å². The van der Waals surface area contributed by atoms with Gasteiger partial charge in [-0.05, 0) is 50.9 Å². The number of amides is 1. The summed E-state index contributed by atoms with van der Waals surface area (Å²) in [4.78, 5) is 34.8. The lowest BCUT2D eigenvalue weighted by Gasteiger charge is -2.32. The summed E-state index contributed by atoms with van der Waals surface area (Å²) in [5.41, 5.74) is 3.99. The Labute approximate surface area is 221 Å². The number of aliphatic imine (C=N–C) groups is 1. The minimum atomic E-state index is -0.00442. The number of nitrogens with zero attached hydrogens (tertiary/aromatic N) is 7. The number of carbonyl (C=O) groups excluding carboxylic acids is 1. The first kappa shape index (κ1) is 24.3. The van der Waals surface area contributed by atoms with Crippen molar-refractivity contribution >= 4 is 40.7 Å². The molecule has 1 aromatic carbocycles. The summed E-state index contributed by atoms with van der Waals surface area (Å²) in [6.45, 7) is 7.19. The molecule has 10 heteroatoms. The first-order chi connectivity index (χ1) is 18.5. The summed E-state index contributed by atoms with van der Waals surface area (Å²) < 4.78 is 1.77. The Morgan fingerprint density at radius 2 is 1.97 bits per heavy atom. The molecule has 1 atom stereocenters. The second-order valence-corrected chi connectivity index (χ2v) is 10.4. The Bertz CT molecular complexity index is 1490. The van der Waals surface area contributed by atoms with E-state index in [-0.39, 0.29) is 17.9 Å². The van der Waals surface area contributed by atoms with Gasteiger partial charge in [0.25, 0.3) is 5.91 Å². The van der Waals surface area contributed by atoms with Crippen LogP contribution in [0.3, 0.4) is 0 Å². The molecule has 0 bridgehead atoms. The van der Waals surface area contributed by atoms with E-state index < -0.39 is 0 Å². The van der Waals surface area contributed by atoms with Crippen molar-refractivity contribution in [2.24, 2.45) is 4.99 Å². The molecule has 2 aliphatic rings. The number of fused-ring (bicyclic) bond motifs is 2. The van der Waals surface area contributed by atoms with Crippen molar-refractivity contribution in [2.75, 3.05) is 38.5 Å². The van der Waals surface area contributed by atoms with E-state index in [9.17, 15) is 4.79 Å². The summed E-state index contributed by atoms with van der Waals surface area (Å²) in [5, 5.41) is 8.77. The molecule has 196 valence electrons. The summed E-state index contributed by atoms with van der Waals surface area (Å²) >= 11 is 0. The number of likely N-dealkylation sites (N-methyl/N-ethyl adjacent to an activating group) is 1. The maximum Gasteiger partial charge on any atom is 0.272 e. The smallest absolute Gasteiger partial charge is 0.272 e. The molecule has 4 aromatic rings. The highest BCUT2D eigenvalue weighted by molar-refractivity contribution is 5.94. The molecule has 0 saturated carbocycles. The highest BCUT2D eigenvalue weighted by Crippen LogP contribution is 2.33. The van der Waals surface area contributed by atoms with Gasteiger partial charge in [0.05, 0.1) is 5.39 Å². The Kier molecular flexibility index (Phi) is 6.40. The van der Waals surface area contributed by atoms with Gasteiger partial charge >= 0.3 is 0 Å². The van der Waals surface area contributed by atoms with E-state index >= 15 is 0 Å². The van der Waals surface area contributed by atoms with Crippen molar-refractivity contribution in [1.82, 2.24) is 34.5 Å². The van der Waals surface area contributed by atoms with Crippen LogP contribution in [0.5, 0.6) is 0 Å².